The molecule has 0 aliphatic rings. The highest BCUT2D eigenvalue weighted by molar-refractivity contribution is 6.71. The van der Waals surface area contributed by atoms with E-state index in [1.807, 2.05) is 13.1 Å². The minimum absolute atomic E-state index is 0.124. The Morgan fingerprint density at radius 3 is 2.25 bits per heavy atom. The first kappa shape index (κ1) is 16.9. The lowest BCUT2D eigenvalue weighted by Crippen LogP contribution is -2.29. The summed E-state index contributed by atoms with van der Waals surface area (Å²) in [6.07, 6.45) is 0.323. The summed E-state index contributed by atoms with van der Waals surface area (Å²) in [5.74, 6) is -7.34. The molecule has 0 saturated carbocycles. The number of halogens is 5. The molecule has 0 amide bonds. The Morgan fingerprint density at radius 2 is 1.70 bits per heavy atom. The Bertz CT molecular complexity index is 483. The Kier molecular flexibility index (Phi) is 5.52. The molecule has 0 fully saturated rings. The summed E-state index contributed by atoms with van der Waals surface area (Å²) < 4.78 is 71.0. The fourth-order valence-electron chi connectivity index (χ4n) is 1.60. The molecule has 1 aromatic rings. The third kappa shape index (κ3) is 3.92. The van der Waals surface area contributed by atoms with E-state index in [9.17, 15) is 22.0 Å². The SMILES string of the molecule is CO[Si](C)(C)CCCN(F)c1cc(F)c(F)c(F)c1F. The molecule has 8 heteroatoms. The Balaban J connectivity index is 2.76. The van der Waals surface area contributed by atoms with E-state index >= 15 is 0 Å². The van der Waals surface area contributed by atoms with Crippen LogP contribution < -0.4 is 5.12 Å². The first-order chi connectivity index (χ1) is 9.19. The van der Waals surface area contributed by atoms with Crippen molar-refractivity contribution in [3.63, 3.8) is 0 Å². The van der Waals surface area contributed by atoms with Crippen LogP contribution in [0.1, 0.15) is 6.42 Å². The van der Waals surface area contributed by atoms with E-state index in [1.54, 1.807) is 7.11 Å². The third-order valence-corrected chi connectivity index (χ3v) is 5.69. The first-order valence-corrected chi connectivity index (χ1v) is 9.12. The van der Waals surface area contributed by atoms with Gasteiger partial charge in [0.2, 0.25) is 0 Å². The smallest absolute Gasteiger partial charge is 0.199 e. The fourth-order valence-corrected chi connectivity index (χ4v) is 2.82. The summed E-state index contributed by atoms with van der Waals surface area (Å²) in [6.45, 7) is 3.59. The molecule has 0 atom stereocenters. The van der Waals surface area contributed by atoms with Gasteiger partial charge in [-0.1, -0.05) is 4.48 Å². The van der Waals surface area contributed by atoms with Gasteiger partial charge < -0.3 is 4.43 Å². The zero-order chi connectivity index (χ0) is 15.5. The minimum Gasteiger partial charge on any atom is -0.420 e. The highest BCUT2D eigenvalue weighted by Gasteiger charge is 2.24. The van der Waals surface area contributed by atoms with Crippen LogP contribution in [0.15, 0.2) is 6.07 Å². The predicted molar refractivity (Wildman–Crippen MR) is 68.6 cm³/mol. The highest BCUT2D eigenvalue weighted by Crippen LogP contribution is 2.27. The van der Waals surface area contributed by atoms with Crippen LogP contribution in [0.2, 0.25) is 19.1 Å². The van der Waals surface area contributed by atoms with Crippen molar-refractivity contribution in [1.29, 1.82) is 0 Å². The van der Waals surface area contributed by atoms with Gasteiger partial charge in [-0.2, -0.15) is 0 Å². The van der Waals surface area contributed by atoms with Crippen LogP contribution in [0, 0.1) is 23.3 Å². The van der Waals surface area contributed by atoms with Crippen LogP contribution in [0.3, 0.4) is 0 Å². The normalized spacial score (nSPS) is 11.8. The molecule has 0 N–H and O–H groups in total. The molecule has 0 saturated heterocycles. The lowest BCUT2D eigenvalue weighted by Gasteiger charge is -2.21. The van der Waals surface area contributed by atoms with E-state index in [0.29, 0.717) is 18.5 Å². The van der Waals surface area contributed by atoms with E-state index in [0.717, 1.165) is 0 Å². The second-order valence-corrected chi connectivity index (χ2v) is 9.40. The fraction of sp³-hybridized carbons (Fsp3) is 0.500. The zero-order valence-corrected chi connectivity index (χ0v) is 12.4. The van der Waals surface area contributed by atoms with Gasteiger partial charge in [0, 0.05) is 13.2 Å². The van der Waals surface area contributed by atoms with E-state index < -0.39 is 37.3 Å². The molecule has 114 valence electrons. The Labute approximate surface area is 115 Å². The number of benzene rings is 1. The van der Waals surface area contributed by atoms with Gasteiger partial charge in [-0.05, 0) is 25.6 Å². The average Bonchev–Trinajstić information content (AvgIpc) is 2.40. The van der Waals surface area contributed by atoms with Crippen molar-refractivity contribution in [1.82, 2.24) is 0 Å². The molecule has 0 spiro atoms. The molecule has 0 aliphatic heterocycles. The molecule has 0 unspecified atom stereocenters. The lowest BCUT2D eigenvalue weighted by molar-refractivity contribution is 0.379. The number of hydrogen-bond acceptors (Lipinski definition) is 2. The summed E-state index contributed by atoms with van der Waals surface area (Å²) >= 11 is 0. The average molecular weight is 313 g/mol. The molecule has 0 heterocycles. The highest BCUT2D eigenvalue weighted by atomic mass is 28.4. The van der Waals surface area contributed by atoms with Crippen molar-refractivity contribution in [2.75, 3.05) is 18.8 Å². The molecule has 2 nitrogen and oxygen atoms in total. The maximum Gasteiger partial charge on any atom is 0.199 e. The van der Waals surface area contributed by atoms with Crippen LogP contribution in [0.4, 0.5) is 27.7 Å². The summed E-state index contributed by atoms with van der Waals surface area (Å²) in [5.41, 5.74) is -0.946. The van der Waals surface area contributed by atoms with Gasteiger partial charge in [0.05, 0.1) is 6.54 Å². The van der Waals surface area contributed by atoms with E-state index in [4.69, 9.17) is 4.43 Å². The maximum absolute atomic E-state index is 13.7. The molecule has 20 heavy (non-hydrogen) atoms. The van der Waals surface area contributed by atoms with Crippen molar-refractivity contribution >= 4 is 14.0 Å². The second kappa shape index (κ2) is 6.53. The number of nitrogens with zero attached hydrogens (tertiary/aromatic N) is 1. The Hall–Kier alpha value is -1.15. The summed E-state index contributed by atoms with van der Waals surface area (Å²) in [5, 5.41) is -0.124. The molecular formula is C12H16F5NOSi. The summed E-state index contributed by atoms with van der Waals surface area (Å²) in [7, 11) is -0.325. The van der Waals surface area contributed by atoms with Crippen molar-refractivity contribution in [3.05, 3.63) is 29.3 Å². The van der Waals surface area contributed by atoms with Gasteiger partial charge in [-0.3, -0.25) is 0 Å². The van der Waals surface area contributed by atoms with Crippen molar-refractivity contribution < 1.29 is 26.5 Å². The Morgan fingerprint density at radius 1 is 1.10 bits per heavy atom. The molecule has 0 aliphatic carbocycles. The third-order valence-electron chi connectivity index (χ3n) is 3.03. The van der Waals surface area contributed by atoms with Gasteiger partial charge >= 0.3 is 0 Å². The van der Waals surface area contributed by atoms with Crippen molar-refractivity contribution in [2.24, 2.45) is 0 Å². The van der Waals surface area contributed by atoms with Crippen molar-refractivity contribution in [2.45, 2.75) is 25.6 Å². The van der Waals surface area contributed by atoms with Crippen LogP contribution >= 0.6 is 0 Å². The van der Waals surface area contributed by atoms with Crippen LogP contribution in [0.5, 0.6) is 0 Å². The molecule has 0 radical (unpaired) electrons. The minimum atomic E-state index is -2.02. The topological polar surface area (TPSA) is 12.5 Å². The van der Waals surface area contributed by atoms with Crippen LogP contribution in [-0.2, 0) is 4.43 Å². The van der Waals surface area contributed by atoms with E-state index in [-0.39, 0.29) is 11.7 Å². The summed E-state index contributed by atoms with van der Waals surface area (Å²) in [4.78, 5) is 0. The standard InChI is InChI=1S/C12H16F5NOSi/c1-19-20(2,3)6-4-5-18(17)9-7-8(13)10(14)12(16)11(9)15/h7H,4-6H2,1-3H3. The monoisotopic (exact) mass is 313 g/mol. The van der Waals surface area contributed by atoms with Gasteiger partial charge in [-0.25, -0.2) is 22.7 Å². The molecule has 0 aromatic heterocycles. The number of anilines is 1. The van der Waals surface area contributed by atoms with Gasteiger partial charge in [0.1, 0.15) is 5.69 Å². The zero-order valence-electron chi connectivity index (χ0n) is 11.4. The van der Waals surface area contributed by atoms with E-state index in [2.05, 4.69) is 0 Å². The molecule has 0 bridgehead atoms. The number of hydrogen-bond donors (Lipinski definition) is 0. The number of rotatable bonds is 6. The largest absolute Gasteiger partial charge is 0.420 e. The quantitative estimate of drug-likeness (QED) is 0.257. The second-order valence-electron chi connectivity index (χ2n) is 4.97. The molecule has 1 aromatic carbocycles. The van der Waals surface area contributed by atoms with Gasteiger partial charge in [0.25, 0.3) is 0 Å². The lowest BCUT2D eigenvalue weighted by atomic mass is 10.2. The maximum atomic E-state index is 13.7. The molecular weight excluding hydrogens is 297 g/mol. The van der Waals surface area contributed by atoms with Gasteiger partial charge in [-0.15, -0.1) is 0 Å². The van der Waals surface area contributed by atoms with Crippen LogP contribution in [-0.4, -0.2) is 22.0 Å². The van der Waals surface area contributed by atoms with Crippen LogP contribution in [0.25, 0.3) is 0 Å². The van der Waals surface area contributed by atoms with E-state index in [1.165, 1.54) is 0 Å². The van der Waals surface area contributed by atoms with Crippen molar-refractivity contribution in [3.8, 4) is 0 Å². The first-order valence-electron chi connectivity index (χ1n) is 6.01. The predicted octanol–water partition coefficient (Wildman–Crippen LogP) is 4.18. The van der Waals surface area contributed by atoms with Gasteiger partial charge in [0.15, 0.2) is 31.6 Å². The molecule has 1 rings (SSSR count). The summed E-state index contributed by atoms with van der Waals surface area (Å²) in [6, 6.07) is 0.893.